The Labute approximate surface area is 111 Å². The Balaban J connectivity index is 2.21. The molecule has 0 aliphatic carbocycles. The molecule has 0 spiro atoms. The molecule has 2 aromatic rings. The number of rotatable bonds is 0. The SMILES string of the molecule is CN1Cc2cc(Cl)ccc2C(O)c2ccccc21. The van der Waals surface area contributed by atoms with Crippen molar-refractivity contribution in [1.82, 2.24) is 0 Å². The van der Waals surface area contributed by atoms with Gasteiger partial charge < -0.3 is 10.0 Å². The average molecular weight is 260 g/mol. The summed E-state index contributed by atoms with van der Waals surface area (Å²) in [7, 11) is 2.03. The molecule has 92 valence electrons. The van der Waals surface area contributed by atoms with Crippen molar-refractivity contribution in [3.63, 3.8) is 0 Å². The van der Waals surface area contributed by atoms with Crippen LogP contribution in [-0.2, 0) is 6.54 Å². The summed E-state index contributed by atoms with van der Waals surface area (Å²) in [6, 6.07) is 13.6. The first-order valence-electron chi connectivity index (χ1n) is 5.93. The summed E-state index contributed by atoms with van der Waals surface area (Å²) in [5, 5.41) is 11.2. The fourth-order valence-electron chi connectivity index (χ4n) is 2.55. The summed E-state index contributed by atoms with van der Waals surface area (Å²) >= 11 is 6.04. The molecule has 0 bridgehead atoms. The molecule has 1 N–H and O–H groups in total. The van der Waals surface area contributed by atoms with Crippen molar-refractivity contribution < 1.29 is 5.11 Å². The van der Waals surface area contributed by atoms with Crippen molar-refractivity contribution in [2.24, 2.45) is 0 Å². The van der Waals surface area contributed by atoms with E-state index in [0.717, 1.165) is 28.9 Å². The smallest absolute Gasteiger partial charge is 0.106 e. The maximum Gasteiger partial charge on any atom is 0.106 e. The first-order chi connectivity index (χ1) is 8.66. The second-order valence-corrected chi connectivity index (χ2v) is 5.10. The van der Waals surface area contributed by atoms with Gasteiger partial charge in [-0.15, -0.1) is 0 Å². The highest BCUT2D eigenvalue weighted by atomic mass is 35.5. The summed E-state index contributed by atoms with van der Waals surface area (Å²) in [4.78, 5) is 2.14. The fraction of sp³-hybridized carbons (Fsp3) is 0.200. The van der Waals surface area contributed by atoms with Gasteiger partial charge in [0.15, 0.2) is 0 Å². The Morgan fingerprint density at radius 2 is 1.94 bits per heavy atom. The van der Waals surface area contributed by atoms with E-state index in [9.17, 15) is 5.11 Å². The lowest BCUT2D eigenvalue weighted by molar-refractivity contribution is 0.221. The number of nitrogens with zero attached hydrogens (tertiary/aromatic N) is 1. The van der Waals surface area contributed by atoms with Gasteiger partial charge in [-0.3, -0.25) is 0 Å². The Bertz CT molecular complexity index is 597. The maximum absolute atomic E-state index is 10.5. The number of hydrogen-bond acceptors (Lipinski definition) is 2. The molecule has 3 heteroatoms. The molecular formula is C15H14ClNO. The first kappa shape index (κ1) is 11.6. The Kier molecular flexibility index (Phi) is 2.77. The second kappa shape index (κ2) is 4.30. The van der Waals surface area contributed by atoms with Crippen molar-refractivity contribution in [1.29, 1.82) is 0 Å². The average Bonchev–Trinajstić information content (AvgIpc) is 2.47. The lowest BCUT2D eigenvalue weighted by Gasteiger charge is -2.19. The second-order valence-electron chi connectivity index (χ2n) is 4.66. The largest absolute Gasteiger partial charge is 0.384 e. The van der Waals surface area contributed by atoms with Crippen LogP contribution in [0.25, 0.3) is 0 Å². The van der Waals surface area contributed by atoms with E-state index < -0.39 is 6.10 Å². The number of para-hydroxylation sites is 1. The molecule has 1 atom stereocenters. The van der Waals surface area contributed by atoms with Crippen molar-refractivity contribution in [3.05, 3.63) is 64.2 Å². The van der Waals surface area contributed by atoms with Gasteiger partial charge in [-0.2, -0.15) is 0 Å². The van der Waals surface area contributed by atoms with E-state index >= 15 is 0 Å². The highest BCUT2D eigenvalue weighted by molar-refractivity contribution is 6.30. The number of aliphatic hydroxyl groups is 1. The normalized spacial score (nSPS) is 17.9. The molecular weight excluding hydrogens is 246 g/mol. The third-order valence-electron chi connectivity index (χ3n) is 3.45. The Hall–Kier alpha value is -1.51. The summed E-state index contributed by atoms with van der Waals surface area (Å²) in [6.07, 6.45) is -0.585. The monoisotopic (exact) mass is 259 g/mol. The van der Waals surface area contributed by atoms with E-state index in [1.54, 1.807) is 0 Å². The lowest BCUT2D eigenvalue weighted by Crippen LogP contribution is -2.16. The van der Waals surface area contributed by atoms with E-state index in [2.05, 4.69) is 4.90 Å². The van der Waals surface area contributed by atoms with Gasteiger partial charge in [0.2, 0.25) is 0 Å². The highest BCUT2D eigenvalue weighted by Gasteiger charge is 2.23. The third-order valence-corrected chi connectivity index (χ3v) is 3.68. The van der Waals surface area contributed by atoms with Crippen LogP contribution in [0.15, 0.2) is 42.5 Å². The Morgan fingerprint density at radius 1 is 1.17 bits per heavy atom. The van der Waals surface area contributed by atoms with Gasteiger partial charge in [0.1, 0.15) is 6.10 Å². The molecule has 0 saturated carbocycles. The number of fused-ring (bicyclic) bond motifs is 2. The zero-order valence-corrected chi connectivity index (χ0v) is 10.9. The van der Waals surface area contributed by atoms with Crippen LogP contribution in [0.2, 0.25) is 5.02 Å². The summed E-state index contributed by atoms with van der Waals surface area (Å²) in [5.41, 5.74) is 4.03. The molecule has 0 saturated heterocycles. The molecule has 0 radical (unpaired) electrons. The molecule has 18 heavy (non-hydrogen) atoms. The summed E-state index contributed by atoms with van der Waals surface area (Å²) in [6.45, 7) is 0.754. The molecule has 0 amide bonds. The van der Waals surface area contributed by atoms with Crippen LogP contribution >= 0.6 is 11.6 Å². The van der Waals surface area contributed by atoms with Crippen LogP contribution in [-0.4, -0.2) is 12.2 Å². The topological polar surface area (TPSA) is 23.5 Å². The number of aliphatic hydroxyl groups excluding tert-OH is 1. The zero-order chi connectivity index (χ0) is 12.7. The third kappa shape index (κ3) is 1.78. The summed E-state index contributed by atoms with van der Waals surface area (Å²) < 4.78 is 0. The highest BCUT2D eigenvalue weighted by Crippen LogP contribution is 2.37. The predicted octanol–water partition coefficient (Wildman–Crippen LogP) is 3.37. The standard InChI is InChI=1S/C15H14ClNO/c1-17-9-10-8-11(16)6-7-12(10)15(18)13-4-2-3-5-14(13)17/h2-8,15,18H,9H2,1H3. The van der Waals surface area contributed by atoms with Crippen LogP contribution in [0.1, 0.15) is 22.8 Å². The van der Waals surface area contributed by atoms with Crippen LogP contribution in [0.5, 0.6) is 0 Å². The van der Waals surface area contributed by atoms with E-state index in [1.165, 1.54) is 0 Å². The van der Waals surface area contributed by atoms with Crippen molar-refractivity contribution in [2.75, 3.05) is 11.9 Å². The molecule has 0 aromatic heterocycles. The van der Waals surface area contributed by atoms with Crippen LogP contribution in [0.4, 0.5) is 5.69 Å². The van der Waals surface area contributed by atoms with Crippen LogP contribution < -0.4 is 4.90 Å². The predicted molar refractivity (Wildman–Crippen MR) is 74.1 cm³/mol. The quantitative estimate of drug-likeness (QED) is 0.784. The lowest BCUT2D eigenvalue weighted by atomic mass is 9.98. The molecule has 1 unspecified atom stereocenters. The van der Waals surface area contributed by atoms with E-state index in [0.29, 0.717) is 5.02 Å². The minimum atomic E-state index is -0.585. The van der Waals surface area contributed by atoms with Crippen molar-refractivity contribution in [3.8, 4) is 0 Å². The maximum atomic E-state index is 10.5. The molecule has 2 nitrogen and oxygen atoms in total. The number of hydrogen-bond donors (Lipinski definition) is 1. The molecule has 2 aromatic carbocycles. The zero-order valence-electron chi connectivity index (χ0n) is 10.1. The van der Waals surface area contributed by atoms with Crippen LogP contribution in [0.3, 0.4) is 0 Å². The molecule has 1 heterocycles. The van der Waals surface area contributed by atoms with Gasteiger partial charge in [-0.05, 0) is 29.3 Å². The Morgan fingerprint density at radius 3 is 2.78 bits per heavy atom. The van der Waals surface area contributed by atoms with Gasteiger partial charge >= 0.3 is 0 Å². The van der Waals surface area contributed by atoms with Gasteiger partial charge in [0.25, 0.3) is 0 Å². The molecule has 1 aliphatic rings. The minimum absolute atomic E-state index is 0.585. The molecule has 1 aliphatic heterocycles. The van der Waals surface area contributed by atoms with Gasteiger partial charge in [-0.25, -0.2) is 0 Å². The van der Waals surface area contributed by atoms with E-state index in [-0.39, 0.29) is 0 Å². The number of halogens is 1. The molecule has 0 fully saturated rings. The first-order valence-corrected chi connectivity index (χ1v) is 6.31. The summed E-state index contributed by atoms with van der Waals surface area (Å²) in [5.74, 6) is 0. The van der Waals surface area contributed by atoms with Gasteiger partial charge in [-0.1, -0.05) is 35.9 Å². The van der Waals surface area contributed by atoms with Gasteiger partial charge in [0, 0.05) is 29.9 Å². The van der Waals surface area contributed by atoms with Gasteiger partial charge in [0.05, 0.1) is 0 Å². The van der Waals surface area contributed by atoms with Crippen molar-refractivity contribution in [2.45, 2.75) is 12.6 Å². The number of anilines is 1. The van der Waals surface area contributed by atoms with Crippen molar-refractivity contribution >= 4 is 17.3 Å². The van der Waals surface area contributed by atoms with Crippen LogP contribution in [0, 0.1) is 0 Å². The fourth-order valence-corrected chi connectivity index (χ4v) is 2.75. The minimum Gasteiger partial charge on any atom is -0.384 e. The van der Waals surface area contributed by atoms with E-state index in [1.807, 2.05) is 49.5 Å². The van der Waals surface area contributed by atoms with E-state index in [4.69, 9.17) is 11.6 Å². The molecule has 3 rings (SSSR count). The number of benzene rings is 2.